The molecule has 4 nitrogen and oxygen atoms in total. The van der Waals surface area contributed by atoms with Gasteiger partial charge in [-0.05, 0) is 35.4 Å². The van der Waals surface area contributed by atoms with E-state index in [-0.39, 0.29) is 5.75 Å². The van der Waals surface area contributed by atoms with Crippen LogP contribution in [-0.4, -0.2) is 22.7 Å². The van der Waals surface area contributed by atoms with Crippen molar-refractivity contribution in [1.82, 2.24) is 4.98 Å². The average Bonchev–Trinajstić information content (AvgIpc) is 2.48. The van der Waals surface area contributed by atoms with Crippen molar-refractivity contribution in [2.45, 2.75) is 6.42 Å². The first-order chi connectivity index (χ1) is 10.1. The quantitative estimate of drug-likeness (QED) is 0.830. The number of halogens is 1. The highest BCUT2D eigenvalue weighted by Gasteiger charge is 2.04. The number of aliphatic carboxylic acids is 1. The lowest BCUT2D eigenvalue weighted by Crippen LogP contribution is -2.03. The zero-order valence-electron chi connectivity index (χ0n) is 11.2. The first-order valence-corrected chi connectivity index (χ1v) is 6.37. The van der Waals surface area contributed by atoms with Gasteiger partial charge in [0.1, 0.15) is 0 Å². The summed E-state index contributed by atoms with van der Waals surface area (Å²) in [6, 6.07) is 8.08. The second-order valence-corrected chi connectivity index (χ2v) is 4.32. The molecule has 0 amide bonds. The largest absolute Gasteiger partial charge is 0.490 e. The predicted octanol–water partition coefficient (Wildman–Crippen LogP) is 2.94. The molecule has 0 aliphatic heterocycles. The molecule has 0 aliphatic rings. The van der Waals surface area contributed by atoms with E-state index < -0.39 is 11.8 Å². The van der Waals surface area contributed by atoms with E-state index in [0.29, 0.717) is 18.6 Å². The van der Waals surface area contributed by atoms with Crippen LogP contribution in [-0.2, 0) is 11.2 Å². The fourth-order valence-electron chi connectivity index (χ4n) is 1.73. The Bertz CT molecular complexity index is 641. The van der Waals surface area contributed by atoms with E-state index in [9.17, 15) is 9.18 Å². The minimum absolute atomic E-state index is 0.145. The van der Waals surface area contributed by atoms with Crippen LogP contribution in [0, 0.1) is 5.82 Å². The van der Waals surface area contributed by atoms with Gasteiger partial charge >= 0.3 is 5.97 Å². The molecular weight excluding hydrogens is 273 g/mol. The number of hydrogen-bond acceptors (Lipinski definition) is 3. The molecule has 0 aliphatic carbocycles. The van der Waals surface area contributed by atoms with Crippen LogP contribution in [0.25, 0.3) is 6.08 Å². The van der Waals surface area contributed by atoms with Gasteiger partial charge in [0.2, 0.25) is 0 Å². The van der Waals surface area contributed by atoms with Crippen molar-refractivity contribution in [3.8, 4) is 5.75 Å². The van der Waals surface area contributed by atoms with E-state index in [0.717, 1.165) is 11.6 Å². The maximum Gasteiger partial charge on any atom is 0.328 e. The highest BCUT2D eigenvalue weighted by Crippen LogP contribution is 2.19. The molecule has 1 N–H and O–H groups in total. The number of aromatic nitrogens is 1. The Morgan fingerprint density at radius 2 is 2.24 bits per heavy atom. The van der Waals surface area contributed by atoms with Crippen molar-refractivity contribution in [1.29, 1.82) is 0 Å². The van der Waals surface area contributed by atoms with Gasteiger partial charge in [-0.1, -0.05) is 12.1 Å². The van der Waals surface area contributed by atoms with Crippen molar-refractivity contribution in [2.24, 2.45) is 0 Å². The average molecular weight is 287 g/mol. The molecular formula is C16H14FNO3. The second kappa shape index (κ2) is 7.19. The predicted molar refractivity (Wildman–Crippen MR) is 76.5 cm³/mol. The molecule has 0 saturated carbocycles. The van der Waals surface area contributed by atoms with E-state index in [1.54, 1.807) is 18.5 Å². The van der Waals surface area contributed by atoms with Crippen molar-refractivity contribution >= 4 is 12.0 Å². The number of carboxylic acid groups (broad SMARTS) is 1. The van der Waals surface area contributed by atoms with Crippen LogP contribution in [0.3, 0.4) is 0 Å². The SMILES string of the molecule is O=C(O)/C=C/c1ccc(OCCc2cccnc2)c(F)c1. The molecule has 0 atom stereocenters. The van der Waals surface area contributed by atoms with Gasteiger partial charge in [-0.2, -0.15) is 0 Å². The van der Waals surface area contributed by atoms with Gasteiger partial charge in [-0.15, -0.1) is 0 Å². The standard InChI is InChI=1S/C16H14FNO3/c17-14-10-12(4-6-16(19)20)3-5-15(14)21-9-7-13-2-1-8-18-11-13/h1-6,8,10-11H,7,9H2,(H,19,20)/b6-4+. The van der Waals surface area contributed by atoms with Gasteiger partial charge in [0.05, 0.1) is 6.61 Å². The summed E-state index contributed by atoms with van der Waals surface area (Å²) in [6.07, 6.45) is 6.34. The number of benzene rings is 1. The molecule has 0 fully saturated rings. The normalized spacial score (nSPS) is 10.7. The van der Waals surface area contributed by atoms with Crippen LogP contribution >= 0.6 is 0 Å². The Balaban J connectivity index is 1.93. The molecule has 0 radical (unpaired) electrons. The molecule has 5 heteroatoms. The number of rotatable bonds is 6. The minimum Gasteiger partial charge on any atom is -0.490 e. The summed E-state index contributed by atoms with van der Waals surface area (Å²) in [5, 5.41) is 8.51. The Labute approximate surface area is 121 Å². The van der Waals surface area contributed by atoms with Gasteiger partial charge in [0.25, 0.3) is 0 Å². The van der Waals surface area contributed by atoms with Gasteiger partial charge in [0, 0.05) is 24.9 Å². The van der Waals surface area contributed by atoms with Crippen molar-refractivity contribution < 1.29 is 19.0 Å². The number of carboxylic acids is 1. The van der Waals surface area contributed by atoms with Crippen LogP contribution in [0.5, 0.6) is 5.75 Å². The molecule has 1 heterocycles. The number of pyridine rings is 1. The third-order valence-electron chi connectivity index (χ3n) is 2.75. The lowest BCUT2D eigenvalue weighted by Gasteiger charge is -2.07. The van der Waals surface area contributed by atoms with Crippen LogP contribution in [0.1, 0.15) is 11.1 Å². The fourth-order valence-corrected chi connectivity index (χ4v) is 1.73. The molecule has 1 aromatic heterocycles. The molecule has 2 rings (SSSR count). The summed E-state index contributed by atoms with van der Waals surface area (Å²) in [4.78, 5) is 14.4. The zero-order valence-corrected chi connectivity index (χ0v) is 11.2. The Morgan fingerprint density at radius 3 is 2.90 bits per heavy atom. The van der Waals surface area contributed by atoms with Crippen molar-refractivity contribution in [2.75, 3.05) is 6.61 Å². The first-order valence-electron chi connectivity index (χ1n) is 6.37. The Hall–Kier alpha value is -2.69. The van der Waals surface area contributed by atoms with Gasteiger partial charge < -0.3 is 9.84 Å². The van der Waals surface area contributed by atoms with E-state index in [1.807, 2.05) is 12.1 Å². The van der Waals surface area contributed by atoms with E-state index in [4.69, 9.17) is 9.84 Å². The van der Waals surface area contributed by atoms with E-state index >= 15 is 0 Å². The Morgan fingerprint density at radius 1 is 1.38 bits per heavy atom. The van der Waals surface area contributed by atoms with Crippen molar-refractivity contribution in [3.05, 3.63) is 65.7 Å². The number of hydrogen-bond donors (Lipinski definition) is 1. The maximum atomic E-state index is 13.8. The monoisotopic (exact) mass is 287 g/mol. The van der Waals surface area contributed by atoms with Crippen LogP contribution in [0.15, 0.2) is 48.8 Å². The fraction of sp³-hybridized carbons (Fsp3) is 0.125. The molecule has 108 valence electrons. The molecule has 0 bridgehead atoms. The maximum absolute atomic E-state index is 13.8. The highest BCUT2D eigenvalue weighted by atomic mass is 19.1. The van der Waals surface area contributed by atoms with Crippen LogP contribution in [0.4, 0.5) is 4.39 Å². The summed E-state index contributed by atoms with van der Waals surface area (Å²) < 4.78 is 19.2. The topological polar surface area (TPSA) is 59.4 Å². The second-order valence-electron chi connectivity index (χ2n) is 4.32. The zero-order chi connectivity index (χ0) is 15.1. The summed E-state index contributed by atoms with van der Waals surface area (Å²) in [5.41, 5.74) is 1.48. The summed E-state index contributed by atoms with van der Waals surface area (Å²) in [6.45, 7) is 0.340. The molecule has 0 saturated heterocycles. The third kappa shape index (κ3) is 4.72. The number of ether oxygens (including phenoxy) is 1. The molecule has 0 spiro atoms. The number of carbonyl (C=O) groups is 1. The summed E-state index contributed by atoms with van der Waals surface area (Å²) in [5.74, 6) is -1.45. The number of nitrogens with zero attached hydrogens (tertiary/aromatic N) is 1. The van der Waals surface area contributed by atoms with Gasteiger partial charge in [-0.3, -0.25) is 4.98 Å². The molecule has 1 aromatic carbocycles. The summed E-state index contributed by atoms with van der Waals surface area (Å²) >= 11 is 0. The third-order valence-corrected chi connectivity index (χ3v) is 2.75. The Kier molecular flexibility index (Phi) is 5.04. The van der Waals surface area contributed by atoms with Crippen LogP contribution < -0.4 is 4.74 Å². The first kappa shape index (κ1) is 14.7. The van der Waals surface area contributed by atoms with Gasteiger partial charge in [0.15, 0.2) is 11.6 Å². The van der Waals surface area contributed by atoms with Gasteiger partial charge in [-0.25, -0.2) is 9.18 Å². The highest BCUT2D eigenvalue weighted by molar-refractivity contribution is 5.85. The molecule has 2 aromatic rings. The summed E-state index contributed by atoms with van der Waals surface area (Å²) in [7, 11) is 0. The molecule has 21 heavy (non-hydrogen) atoms. The van der Waals surface area contributed by atoms with Crippen LogP contribution in [0.2, 0.25) is 0 Å². The van der Waals surface area contributed by atoms with E-state index in [1.165, 1.54) is 18.2 Å². The van der Waals surface area contributed by atoms with E-state index in [2.05, 4.69) is 4.98 Å². The smallest absolute Gasteiger partial charge is 0.328 e. The molecule has 0 unspecified atom stereocenters. The lowest BCUT2D eigenvalue weighted by molar-refractivity contribution is -0.131. The lowest BCUT2D eigenvalue weighted by atomic mass is 10.2. The minimum atomic E-state index is -1.08. The van der Waals surface area contributed by atoms with Crippen molar-refractivity contribution in [3.63, 3.8) is 0 Å².